The van der Waals surface area contributed by atoms with Crippen LogP contribution in [0.25, 0.3) is 4.96 Å². The van der Waals surface area contributed by atoms with E-state index >= 15 is 0 Å². The van der Waals surface area contributed by atoms with E-state index in [0.717, 1.165) is 36.3 Å². The molecule has 3 heterocycles. The largest absolute Gasteiger partial charge is 0.336 e. The lowest BCUT2D eigenvalue weighted by Gasteiger charge is -2.37. The molecule has 6 nitrogen and oxygen atoms in total. The van der Waals surface area contributed by atoms with Crippen LogP contribution >= 0.6 is 22.9 Å². The fraction of sp³-hybridized carbons (Fsp3) is 0.500. The second kappa shape index (κ2) is 6.09. The minimum Gasteiger partial charge on any atom is -0.336 e. The quantitative estimate of drug-likeness (QED) is 0.757. The summed E-state index contributed by atoms with van der Waals surface area (Å²) in [6.07, 6.45) is 8.38. The molecule has 0 atom stereocenters. The van der Waals surface area contributed by atoms with Crippen molar-refractivity contribution in [2.24, 2.45) is 0 Å². The molecule has 1 saturated heterocycles. The van der Waals surface area contributed by atoms with Crippen molar-refractivity contribution in [3.05, 3.63) is 34.1 Å². The van der Waals surface area contributed by atoms with E-state index < -0.39 is 0 Å². The van der Waals surface area contributed by atoms with Crippen molar-refractivity contribution >= 4 is 39.7 Å². The topological polar surface area (TPSA) is 57.9 Å². The maximum atomic E-state index is 12.9. The minimum atomic E-state index is -0.245. The third-order valence-electron chi connectivity index (χ3n) is 5.50. The predicted molar refractivity (Wildman–Crippen MR) is 99.8 cm³/mol. The highest BCUT2D eigenvalue weighted by atomic mass is 35.5. The molecule has 0 N–H and O–H groups in total. The molecule has 0 bridgehead atoms. The van der Waals surface area contributed by atoms with Gasteiger partial charge in [0.2, 0.25) is 5.91 Å². The summed E-state index contributed by atoms with van der Waals surface area (Å²) in [5, 5.41) is 2.46. The van der Waals surface area contributed by atoms with Gasteiger partial charge in [0.25, 0.3) is 5.91 Å². The summed E-state index contributed by atoms with van der Waals surface area (Å²) in [6.45, 7) is 1.20. The van der Waals surface area contributed by atoms with Gasteiger partial charge in [0.15, 0.2) is 10.7 Å². The molecule has 8 heteroatoms. The number of rotatable bonds is 3. The van der Waals surface area contributed by atoms with E-state index in [4.69, 9.17) is 11.6 Å². The Labute approximate surface area is 160 Å². The maximum absolute atomic E-state index is 12.9. The number of carbonyl (C=O) groups is 2. The van der Waals surface area contributed by atoms with E-state index in [9.17, 15) is 9.59 Å². The Kier molecular flexibility index (Phi) is 3.83. The number of nitrogens with zero attached hydrogens (tertiary/aromatic N) is 4. The van der Waals surface area contributed by atoms with Crippen molar-refractivity contribution in [3.63, 3.8) is 0 Å². The molecule has 0 unspecified atom stereocenters. The Bertz CT molecular complexity index is 921. The standard InChI is InChI=1S/C18H19ClN4O2S/c19-16-15(20-18-23(16)13(10-26-18)11-5-6-11)17(25)21-7-8-22(14(24)9-21)12-3-1-2-4-12/h1-2,10-12H,3-9H2. The molecular formula is C18H19ClN4O2S. The number of piperazine rings is 1. The van der Waals surface area contributed by atoms with Gasteiger partial charge in [-0.3, -0.25) is 14.0 Å². The molecule has 0 radical (unpaired) electrons. The fourth-order valence-electron chi connectivity index (χ4n) is 3.90. The van der Waals surface area contributed by atoms with Crippen LogP contribution < -0.4 is 0 Å². The summed E-state index contributed by atoms with van der Waals surface area (Å²) >= 11 is 8.03. The minimum absolute atomic E-state index is 0.00844. The molecule has 2 fully saturated rings. The van der Waals surface area contributed by atoms with Crippen molar-refractivity contribution in [1.29, 1.82) is 0 Å². The molecule has 0 spiro atoms. The molecular weight excluding hydrogens is 372 g/mol. The summed E-state index contributed by atoms with van der Waals surface area (Å²) < 4.78 is 1.90. The Hall–Kier alpha value is -1.86. The SMILES string of the molecule is O=C(c1nc2scc(C3CC3)n2c1Cl)N1CCN(C2CC=CC2)C(=O)C1. The van der Waals surface area contributed by atoms with E-state index in [1.165, 1.54) is 11.3 Å². The molecule has 5 rings (SSSR count). The van der Waals surface area contributed by atoms with Gasteiger partial charge in [-0.2, -0.15) is 0 Å². The second-order valence-electron chi connectivity index (χ2n) is 7.21. The first-order chi connectivity index (χ1) is 12.6. The number of hydrogen-bond donors (Lipinski definition) is 0. The summed E-state index contributed by atoms with van der Waals surface area (Å²) in [5.74, 6) is 0.294. The highest BCUT2D eigenvalue weighted by Crippen LogP contribution is 2.43. The average molecular weight is 391 g/mol. The summed E-state index contributed by atoms with van der Waals surface area (Å²) in [5.41, 5.74) is 1.42. The smallest absolute Gasteiger partial charge is 0.276 e. The molecule has 26 heavy (non-hydrogen) atoms. The van der Waals surface area contributed by atoms with Gasteiger partial charge in [-0.05, 0) is 25.7 Å². The van der Waals surface area contributed by atoms with Crippen molar-refractivity contribution in [2.45, 2.75) is 37.6 Å². The third kappa shape index (κ3) is 2.56. The van der Waals surface area contributed by atoms with Crippen molar-refractivity contribution in [2.75, 3.05) is 19.6 Å². The van der Waals surface area contributed by atoms with E-state index in [-0.39, 0.29) is 30.1 Å². The summed E-state index contributed by atoms with van der Waals surface area (Å²) in [4.78, 5) is 34.2. The first kappa shape index (κ1) is 16.3. The molecule has 0 aromatic carbocycles. The normalized spacial score (nSPS) is 21.3. The number of thiazole rings is 1. The molecule has 136 valence electrons. The van der Waals surface area contributed by atoms with Crippen LogP contribution in [0.15, 0.2) is 17.5 Å². The number of halogens is 1. The second-order valence-corrected chi connectivity index (χ2v) is 8.41. The number of fused-ring (bicyclic) bond motifs is 1. The number of hydrogen-bond acceptors (Lipinski definition) is 4. The van der Waals surface area contributed by atoms with Gasteiger partial charge >= 0.3 is 0 Å². The molecule has 2 amide bonds. The van der Waals surface area contributed by atoms with Gasteiger partial charge in [-0.25, -0.2) is 4.98 Å². The van der Waals surface area contributed by atoms with Crippen LogP contribution in [0.1, 0.15) is 47.8 Å². The predicted octanol–water partition coefficient (Wildman–Crippen LogP) is 2.93. The van der Waals surface area contributed by atoms with Crippen LogP contribution in [-0.4, -0.2) is 56.7 Å². The van der Waals surface area contributed by atoms with Gasteiger partial charge in [-0.1, -0.05) is 23.8 Å². The lowest BCUT2D eigenvalue weighted by atomic mass is 10.1. The van der Waals surface area contributed by atoms with Crippen LogP contribution in [0, 0.1) is 0 Å². The Morgan fingerprint density at radius 2 is 2.00 bits per heavy atom. The number of amides is 2. The first-order valence-corrected chi connectivity index (χ1v) is 10.3. The van der Waals surface area contributed by atoms with Crippen LogP contribution in [0.2, 0.25) is 5.15 Å². The van der Waals surface area contributed by atoms with Crippen LogP contribution in [0.4, 0.5) is 0 Å². The Morgan fingerprint density at radius 3 is 2.69 bits per heavy atom. The van der Waals surface area contributed by atoms with Crippen molar-refractivity contribution < 1.29 is 9.59 Å². The van der Waals surface area contributed by atoms with Gasteiger partial charge in [-0.15, -0.1) is 11.3 Å². The van der Waals surface area contributed by atoms with Crippen LogP contribution in [0.3, 0.4) is 0 Å². The molecule has 3 aliphatic rings. The maximum Gasteiger partial charge on any atom is 0.276 e. The monoisotopic (exact) mass is 390 g/mol. The number of carbonyl (C=O) groups excluding carboxylic acids is 2. The van der Waals surface area contributed by atoms with E-state index in [1.54, 1.807) is 4.90 Å². The van der Waals surface area contributed by atoms with Gasteiger partial charge in [0.05, 0.1) is 0 Å². The van der Waals surface area contributed by atoms with E-state index in [2.05, 4.69) is 22.5 Å². The zero-order valence-electron chi connectivity index (χ0n) is 14.2. The highest BCUT2D eigenvalue weighted by Gasteiger charge is 2.35. The summed E-state index contributed by atoms with van der Waals surface area (Å²) in [7, 11) is 0. The highest BCUT2D eigenvalue weighted by molar-refractivity contribution is 7.15. The molecule has 1 aliphatic heterocycles. The lowest BCUT2D eigenvalue weighted by Crippen LogP contribution is -2.55. The lowest BCUT2D eigenvalue weighted by molar-refractivity contribution is -0.137. The van der Waals surface area contributed by atoms with Gasteiger partial charge in [0.1, 0.15) is 11.7 Å². The average Bonchev–Trinajstić information content (AvgIpc) is 3.06. The van der Waals surface area contributed by atoms with Crippen LogP contribution in [0.5, 0.6) is 0 Å². The molecule has 1 saturated carbocycles. The van der Waals surface area contributed by atoms with Gasteiger partial charge < -0.3 is 9.80 Å². The summed E-state index contributed by atoms with van der Waals surface area (Å²) in [6, 6.07) is 0.252. The Morgan fingerprint density at radius 1 is 1.23 bits per heavy atom. The third-order valence-corrected chi connectivity index (χ3v) is 6.69. The number of aromatic nitrogens is 2. The first-order valence-electron chi connectivity index (χ1n) is 9.02. The number of imidazole rings is 1. The Balaban J connectivity index is 1.36. The van der Waals surface area contributed by atoms with E-state index in [1.807, 2.05) is 9.30 Å². The zero-order chi connectivity index (χ0) is 17.8. The van der Waals surface area contributed by atoms with E-state index in [0.29, 0.717) is 24.2 Å². The molecule has 2 aromatic rings. The molecule has 2 aromatic heterocycles. The van der Waals surface area contributed by atoms with Crippen molar-refractivity contribution in [3.8, 4) is 0 Å². The molecule has 2 aliphatic carbocycles. The zero-order valence-corrected chi connectivity index (χ0v) is 15.8. The van der Waals surface area contributed by atoms with Gasteiger partial charge in [0, 0.05) is 36.1 Å². The van der Waals surface area contributed by atoms with Crippen molar-refractivity contribution in [1.82, 2.24) is 19.2 Å². The fourth-order valence-corrected chi connectivity index (χ4v) is 5.22. The van der Waals surface area contributed by atoms with Crippen LogP contribution in [-0.2, 0) is 4.79 Å².